The van der Waals surface area contributed by atoms with Gasteiger partial charge in [-0.25, -0.2) is 0 Å². The van der Waals surface area contributed by atoms with Gasteiger partial charge in [-0.3, -0.25) is 9.69 Å². The van der Waals surface area contributed by atoms with Gasteiger partial charge in [0, 0.05) is 12.6 Å². The predicted octanol–water partition coefficient (Wildman–Crippen LogP) is 1.11. The van der Waals surface area contributed by atoms with Crippen molar-refractivity contribution < 1.29 is 18.0 Å². The summed E-state index contributed by atoms with van der Waals surface area (Å²) in [6.07, 6.45) is -3.49. The molecule has 18 heavy (non-hydrogen) atoms. The van der Waals surface area contributed by atoms with Crippen LogP contribution in [0, 0.1) is 0 Å². The molecule has 0 spiro atoms. The number of hydrogen-bond donors (Lipinski definition) is 2. The molecule has 0 saturated carbocycles. The lowest BCUT2D eigenvalue weighted by molar-refractivity contribution is -0.186. The summed E-state index contributed by atoms with van der Waals surface area (Å²) in [4.78, 5) is 12.4. The number of alkyl halides is 3. The number of likely N-dealkylation sites (N-methyl/N-ethyl adjacent to an activating group) is 1. The Labute approximate surface area is 106 Å². The fraction of sp³-hybridized carbons (Fsp3) is 0.909. The number of nitrogens with two attached hydrogens (primary N) is 1. The third kappa shape index (κ3) is 5.68. The number of rotatable bonds is 7. The van der Waals surface area contributed by atoms with E-state index in [1.54, 1.807) is 6.92 Å². The van der Waals surface area contributed by atoms with Gasteiger partial charge in [-0.1, -0.05) is 13.8 Å². The van der Waals surface area contributed by atoms with Gasteiger partial charge in [-0.05, 0) is 19.9 Å². The number of carbonyl (C=O) groups excluding carboxylic acids is 1. The lowest BCUT2D eigenvalue weighted by Crippen LogP contribution is -2.56. The Balaban J connectivity index is 4.57. The molecule has 7 heteroatoms. The summed E-state index contributed by atoms with van der Waals surface area (Å²) in [6.45, 7) is 3.62. The quantitative estimate of drug-likeness (QED) is 0.728. The minimum atomic E-state index is -4.44. The minimum Gasteiger partial charge on any atom is -0.355 e. The summed E-state index contributed by atoms with van der Waals surface area (Å²) < 4.78 is 38.6. The summed E-state index contributed by atoms with van der Waals surface area (Å²) in [5.74, 6) is -0.420. The van der Waals surface area contributed by atoms with Gasteiger partial charge >= 0.3 is 6.18 Å². The molecule has 3 N–H and O–H groups in total. The molecule has 0 rings (SSSR count). The Morgan fingerprint density at radius 3 is 2.33 bits per heavy atom. The number of halogens is 3. The summed E-state index contributed by atoms with van der Waals surface area (Å²) in [5.41, 5.74) is 5.49. The Kier molecular flexibility index (Phi) is 7.23. The highest BCUT2D eigenvalue weighted by Gasteiger charge is 2.45. The average Bonchev–Trinajstić information content (AvgIpc) is 2.24. The van der Waals surface area contributed by atoms with Crippen molar-refractivity contribution in [3.8, 4) is 0 Å². The van der Waals surface area contributed by atoms with E-state index in [0.29, 0.717) is 6.54 Å². The van der Waals surface area contributed by atoms with E-state index in [9.17, 15) is 18.0 Å². The molecule has 0 aliphatic carbocycles. The first kappa shape index (κ1) is 17.2. The molecular formula is C11H22F3N3O. The van der Waals surface area contributed by atoms with Gasteiger partial charge in [0.25, 0.3) is 0 Å². The van der Waals surface area contributed by atoms with Crippen LogP contribution in [0.2, 0.25) is 0 Å². The summed E-state index contributed by atoms with van der Waals surface area (Å²) in [7, 11) is 1.26. The molecule has 0 aromatic carbocycles. The van der Waals surface area contributed by atoms with Gasteiger partial charge in [-0.15, -0.1) is 0 Å². The second-order valence-electron chi connectivity index (χ2n) is 4.32. The monoisotopic (exact) mass is 269 g/mol. The zero-order valence-electron chi connectivity index (χ0n) is 11.0. The molecule has 0 heterocycles. The molecular weight excluding hydrogens is 247 g/mol. The molecule has 0 radical (unpaired) electrons. The number of amides is 1. The molecule has 0 aliphatic heterocycles. The lowest BCUT2D eigenvalue weighted by Gasteiger charge is -2.33. The van der Waals surface area contributed by atoms with Crippen LogP contribution in [0.3, 0.4) is 0 Å². The molecule has 1 amide bonds. The van der Waals surface area contributed by atoms with E-state index < -0.39 is 24.2 Å². The number of hydrogen-bond acceptors (Lipinski definition) is 3. The van der Waals surface area contributed by atoms with Crippen LogP contribution in [-0.2, 0) is 4.79 Å². The van der Waals surface area contributed by atoms with Crippen LogP contribution in [0.5, 0.6) is 0 Å². The molecule has 0 bridgehead atoms. The first-order valence-corrected chi connectivity index (χ1v) is 6.03. The maximum absolute atomic E-state index is 12.9. The smallest absolute Gasteiger partial charge is 0.355 e. The second-order valence-corrected chi connectivity index (χ2v) is 4.32. The normalized spacial score (nSPS) is 15.6. The molecule has 0 fully saturated rings. The van der Waals surface area contributed by atoms with Gasteiger partial charge in [0.1, 0.15) is 6.04 Å². The van der Waals surface area contributed by atoms with Crippen molar-refractivity contribution in [3.05, 3.63) is 0 Å². The zero-order valence-corrected chi connectivity index (χ0v) is 11.0. The topological polar surface area (TPSA) is 58.4 Å². The Hall–Kier alpha value is -0.820. The molecule has 4 nitrogen and oxygen atoms in total. The van der Waals surface area contributed by atoms with E-state index in [2.05, 4.69) is 5.32 Å². The third-order valence-electron chi connectivity index (χ3n) is 2.65. The Morgan fingerprint density at radius 1 is 1.39 bits per heavy atom. The average molecular weight is 269 g/mol. The molecule has 0 aromatic rings. The standard InChI is InChI=1S/C11H22F3N3O/c1-4-6-16-9(18)7-17(3)10(8(15)5-2)11(12,13)14/h8,10H,4-7,15H2,1-3H3,(H,16,18). The predicted molar refractivity (Wildman–Crippen MR) is 64.0 cm³/mol. The van der Waals surface area contributed by atoms with Crippen LogP contribution in [0.4, 0.5) is 13.2 Å². The van der Waals surface area contributed by atoms with E-state index in [1.807, 2.05) is 6.92 Å². The van der Waals surface area contributed by atoms with E-state index in [4.69, 9.17) is 5.73 Å². The first-order valence-electron chi connectivity index (χ1n) is 6.03. The van der Waals surface area contributed by atoms with Gasteiger partial charge in [0.2, 0.25) is 5.91 Å². The maximum atomic E-state index is 12.9. The van der Waals surface area contributed by atoms with E-state index in [1.165, 1.54) is 7.05 Å². The fourth-order valence-electron chi connectivity index (χ4n) is 1.69. The maximum Gasteiger partial charge on any atom is 0.405 e. The largest absolute Gasteiger partial charge is 0.405 e. The van der Waals surface area contributed by atoms with Crippen molar-refractivity contribution in [1.29, 1.82) is 0 Å². The summed E-state index contributed by atoms with van der Waals surface area (Å²) in [5, 5.41) is 2.54. The summed E-state index contributed by atoms with van der Waals surface area (Å²) in [6, 6.07) is -2.83. The fourth-order valence-corrected chi connectivity index (χ4v) is 1.69. The van der Waals surface area contributed by atoms with Crippen LogP contribution in [0.25, 0.3) is 0 Å². The molecule has 2 unspecified atom stereocenters. The highest BCUT2D eigenvalue weighted by atomic mass is 19.4. The van der Waals surface area contributed by atoms with E-state index in [-0.39, 0.29) is 13.0 Å². The molecule has 108 valence electrons. The third-order valence-corrected chi connectivity index (χ3v) is 2.65. The Morgan fingerprint density at radius 2 is 1.94 bits per heavy atom. The Bertz CT molecular complexity index is 258. The molecule has 2 atom stereocenters. The van der Waals surface area contributed by atoms with Crippen molar-refractivity contribution in [1.82, 2.24) is 10.2 Å². The van der Waals surface area contributed by atoms with Gasteiger partial charge in [-0.2, -0.15) is 13.2 Å². The number of carbonyl (C=O) groups is 1. The van der Waals surface area contributed by atoms with Crippen molar-refractivity contribution in [2.45, 2.75) is 44.9 Å². The minimum absolute atomic E-state index is 0.199. The van der Waals surface area contributed by atoms with Crippen molar-refractivity contribution in [2.24, 2.45) is 5.73 Å². The molecule has 0 aromatic heterocycles. The number of nitrogens with zero attached hydrogens (tertiary/aromatic N) is 1. The van der Waals surface area contributed by atoms with Crippen LogP contribution < -0.4 is 11.1 Å². The molecule has 0 aliphatic rings. The zero-order chi connectivity index (χ0) is 14.3. The van der Waals surface area contributed by atoms with Crippen LogP contribution in [-0.4, -0.2) is 49.2 Å². The van der Waals surface area contributed by atoms with Gasteiger partial charge in [0.15, 0.2) is 0 Å². The highest BCUT2D eigenvalue weighted by molar-refractivity contribution is 5.77. The van der Waals surface area contributed by atoms with E-state index in [0.717, 1.165) is 11.3 Å². The van der Waals surface area contributed by atoms with Crippen molar-refractivity contribution in [3.63, 3.8) is 0 Å². The van der Waals surface area contributed by atoms with Crippen molar-refractivity contribution >= 4 is 5.91 Å². The number of nitrogens with one attached hydrogen (secondary N) is 1. The summed E-state index contributed by atoms with van der Waals surface area (Å²) >= 11 is 0. The van der Waals surface area contributed by atoms with Crippen LogP contribution >= 0.6 is 0 Å². The first-order chi connectivity index (χ1) is 8.23. The molecule has 0 saturated heterocycles. The van der Waals surface area contributed by atoms with E-state index >= 15 is 0 Å². The van der Waals surface area contributed by atoms with Crippen molar-refractivity contribution in [2.75, 3.05) is 20.1 Å². The highest BCUT2D eigenvalue weighted by Crippen LogP contribution is 2.26. The van der Waals surface area contributed by atoms with Crippen LogP contribution in [0.1, 0.15) is 26.7 Å². The van der Waals surface area contributed by atoms with Crippen LogP contribution in [0.15, 0.2) is 0 Å². The van der Waals surface area contributed by atoms with Gasteiger partial charge in [0.05, 0.1) is 6.54 Å². The van der Waals surface area contributed by atoms with Gasteiger partial charge < -0.3 is 11.1 Å². The SMILES string of the molecule is CCCNC(=O)CN(C)C(C(N)CC)C(F)(F)F. The lowest BCUT2D eigenvalue weighted by atomic mass is 10.0. The second kappa shape index (κ2) is 7.58.